The van der Waals surface area contributed by atoms with Gasteiger partial charge in [-0.2, -0.15) is 0 Å². The summed E-state index contributed by atoms with van der Waals surface area (Å²) in [4.78, 5) is 11.6. The number of hydrogen-bond donors (Lipinski definition) is 1. The van der Waals surface area contributed by atoms with Crippen LogP contribution in [0.1, 0.15) is 11.1 Å². The maximum Gasteiger partial charge on any atom is 0.421 e. The van der Waals surface area contributed by atoms with Crippen LogP contribution in [0.15, 0.2) is 65.6 Å². The van der Waals surface area contributed by atoms with Crippen LogP contribution in [0.5, 0.6) is 0 Å². The molecule has 0 aliphatic carbocycles. The normalized spacial score (nSPS) is 11.3. The van der Waals surface area contributed by atoms with Gasteiger partial charge in [-0.1, -0.05) is 54.1 Å². The molecule has 5 nitrogen and oxygen atoms in total. The first-order valence-corrected chi connectivity index (χ1v) is 8.43. The largest absolute Gasteiger partial charge is 0.445 e. The van der Waals surface area contributed by atoms with Gasteiger partial charge in [-0.05, 0) is 30.7 Å². The second kappa shape index (κ2) is 7.60. The Morgan fingerprint density at radius 3 is 2.39 bits per heavy atom. The Bertz CT molecular complexity index is 781. The molecule has 0 spiro atoms. The van der Waals surface area contributed by atoms with Crippen molar-refractivity contribution < 1.29 is 17.9 Å². The number of nitrogens with one attached hydrogen (secondary N) is 1. The highest BCUT2D eigenvalue weighted by atomic mass is 32.2. The molecule has 1 N–H and O–H groups in total. The number of hydrogen-bond acceptors (Lipinski definition) is 4. The van der Waals surface area contributed by atoms with Crippen molar-refractivity contribution in [3.63, 3.8) is 0 Å². The standard InChI is InChI=1S/C17H17NO4S/c1-14-9-11-16(12-10-14)23(20,21)18-17(19)22-13-5-8-15-6-3-2-4-7-15/h2-12H,13H2,1H3,(H,18,19)/b8-5-. The molecule has 1 amide bonds. The van der Waals surface area contributed by atoms with E-state index in [1.54, 1.807) is 24.3 Å². The quantitative estimate of drug-likeness (QED) is 0.913. The third-order valence-corrected chi connectivity index (χ3v) is 4.30. The third kappa shape index (κ3) is 5.27. The minimum atomic E-state index is -3.91. The first-order chi connectivity index (χ1) is 11.0. The first-order valence-electron chi connectivity index (χ1n) is 6.95. The summed E-state index contributed by atoms with van der Waals surface area (Å²) in [5.41, 5.74) is 1.89. The molecule has 2 aromatic rings. The van der Waals surface area contributed by atoms with Gasteiger partial charge in [-0.15, -0.1) is 0 Å². The van der Waals surface area contributed by atoms with Gasteiger partial charge in [-0.25, -0.2) is 17.9 Å². The van der Waals surface area contributed by atoms with Crippen molar-refractivity contribution >= 4 is 22.2 Å². The maximum absolute atomic E-state index is 12.0. The highest BCUT2D eigenvalue weighted by Gasteiger charge is 2.17. The molecular weight excluding hydrogens is 314 g/mol. The summed E-state index contributed by atoms with van der Waals surface area (Å²) in [6.07, 6.45) is 2.40. The van der Waals surface area contributed by atoms with Gasteiger partial charge in [0.15, 0.2) is 0 Å². The molecule has 0 saturated heterocycles. The van der Waals surface area contributed by atoms with Gasteiger partial charge in [0.2, 0.25) is 0 Å². The summed E-state index contributed by atoms with van der Waals surface area (Å²) in [7, 11) is -3.91. The van der Waals surface area contributed by atoms with Gasteiger partial charge in [0.25, 0.3) is 10.0 Å². The van der Waals surface area contributed by atoms with Gasteiger partial charge in [-0.3, -0.25) is 0 Å². The Kier molecular flexibility index (Phi) is 5.54. The van der Waals surface area contributed by atoms with Crippen LogP contribution in [0.4, 0.5) is 4.79 Å². The minimum Gasteiger partial charge on any atom is -0.445 e. The summed E-state index contributed by atoms with van der Waals surface area (Å²) in [6, 6.07) is 15.7. The van der Waals surface area contributed by atoms with Crippen LogP contribution in [0.2, 0.25) is 0 Å². The second-order valence-corrected chi connectivity index (χ2v) is 6.51. The predicted octanol–water partition coefficient (Wildman–Crippen LogP) is 3.12. The summed E-state index contributed by atoms with van der Waals surface area (Å²) < 4.78 is 30.7. The lowest BCUT2D eigenvalue weighted by Crippen LogP contribution is -2.31. The van der Waals surface area contributed by atoms with E-state index in [0.717, 1.165) is 11.1 Å². The number of sulfonamides is 1. The lowest BCUT2D eigenvalue weighted by molar-refractivity contribution is 0.165. The van der Waals surface area contributed by atoms with Gasteiger partial charge in [0, 0.05) is 0 Å². The Morgan fingerprint density at radius 2 is 1.74 bits per heavy atom. The molecule has 0 aliphatic heterocycles. The molecule has 23 heavy (non-hydrogen) atoms. The molecule has 0 radical (unpaired) electrons. The monoisotopic (exact) mass is 331 g/mol. The van der Waals surface area contributed by atoms with E-state index in [1.807, 2.05) is 42.0 Å². The van der Waals surface area contributed by atoms with Crippen molar-refractivity contribution in [1.29, 1.82) is 0 Å². The summed E-state index contributed by atoms with van der Waals surface area (Å²) in [5, 5.41) is 0. The van der Waals surface area contributed by atoms with E-state index < -0.39 is 16.1 Å². The van der Waals surface area contributed by atoms with E-state index in [2.05, 4.69) is 0 Å². The van der Waals surface area contributed by atoms with E-state index in [0.29, 0.717) is 0 Å². The molecule has 0 saturated carbocycles. The molecule has 0 heterocycles. The van der Waals surface area contributed by atoms with Crippen molar-refractivity contribution in [2.24, 2.45) is 0 Å². The molecule has 0 atom stereocenters. The summed E-state index contributed by atoms with van der Waals surface area (Å²) in [6.45, 7) is 1.82. The van der Waals surface area contributed by atoms with Crippen LogP contribution in [-0.4, -0.2) is 21.1 Å². The number of ether oxygens (including phenoxy) is 1. The van der Waals surface area contributed by atoms with Gasteiger partial charge >= 0.3 is 6.09 Å². The summed E-state index contributed by atoms with van der Waals surface area (Å²) >= 11 is 0. The SMILES string of the molecule is Cc1ccc(S(=O)(=O)NC(=O)OC/C=C\c2ccccc2)cc1. The topological polar surface area (TPSA) is 72.5 Å². The molecule has 0 bridgehead atoms. The molecule has 2 aromatic carbocycles. The van der Waals surface area contributed by atoms with E-state index in [1.165, 1.54) is 12.1 Å². The van der Waals surface area contributed by atoms with Crippen molar-refractivity contribution in [3.8, 4) is 0 Å². The van der Waals surface area contributed by atoms with Gasteiger partial charge in [0.05, 0.1) is 4.90 Å². The van der Waals surface area contributed by atoms with E-state index in [9.17, 15) is 13.2 Å². The zero-order chi connectivity index (χ0) is 16.7. The van der Waals surface area contributed by atoms with E-state index >= 15 is 0 Å². The zero-order valence-corrected chi connectivity index (χ0v) is 13.4. The fourth-order valence-corrected chi connectivity index (χ4v) is 2.68. The maximum atomic E-state index is 12.0. The third-order valence-electron chi connectivity index (χ3n) is 2.97. The average Bonchev–Trinajstić information content (AvgIpc) is 2.52. The molecule has 0 unspecified atom stereocenters. The van der Waals surface area contributed by atoms with Gasteiger partial charge in [0.1, 0.15) is 6.61 Å². The first kappa shape index (κ1) is 16.8. The van der Waals surface area contributed by atoms with Crippen LogP contribution in [0.25, 0.3) is 6.08 Å². The Labute approximate surface area is 135 Å². The smallest absolute Gasteiger partial charge is 0.421 e. The lowest BCUT2D eigenvalue weighted by atomic mass is 10.2. The average molecular weight is 331 g/mol. The molecule has 0 fully saturated rings. The Balaban J connectivity index is 1.87. The molecule has 0 aliphatic rings. The Morgan fingerprint density at radius 1 is 1.09 bits per heavy atom. The fraction of sp³-hybridized carbons (Fsp3) is 0.118. The molecule has 2 rings (SSSR count). The van der Waals surface area contributed by atoms with E-state index in [-0.39, 0.29) is 11.5 Å². The van der Waals surface area contributed by atoms with Crippen molar-refractivity contribution in [2.45, 2.75) is 11.8 Å². The number of benzene rings is 2. The van der Waals surface area contributed by atoms with E-state index in [4.69, 9.17) is 4.74 Å². The van der Waals surface area contributed by atoms with Gasteiger partial charge < -0.3 is 4.74 Å². The van der Waals surface area contributed by atoms with Crippen molar-refractivity contribution in [2.75, 3.05) is 6.61 Å². The Hall–Kier alpha value is -2.60. The number of amides is 1. The molecule has 0 aromatic heterocycles. The van der Waals surface area contributed by atoms with Crippen LogP contribution >= 0.6 is 0 Å². The number of aryl methyl sites for hydroxylation is 1. The molecule has 120 valence electrons. The second-order valence-electron chi connectivity index (χ2n) is 4.83. The van der Waals surface area contributed by atoms with Crippen LogP contribution in [0, 0.1) is 6.92 Å². The number of carbonyl (C=O) groups is 1. The minimum absolute atomic E-state index is 0.0138. The number of rotatable bonds is 5. The summed E-state index contributed by atoms with van der Waals surface area (Å²) in [5.74, 6) is 0. The van der Waals surface area contributed by atoms with Crippen molar-refractivity contribution in [3.05, 3.63) is 71.8 Å². The molecular formula is C17H17NO4S. The van der Waals surface area contributed by atoms with Crippen LogP contribution in [0.3, 0.4) is 0 Å². The highest BCUT2D eigenvalue weighted by Crippen LogP contribution is 2.09. The highest BCUT2D eigenvalue weighted by molar-refractivity contribution is 7.90. The molecule has 6 heteroatoms. The predicted molar refractivity (Wildman–Crippen MR) is 88.3 cm³/mol. The lowest BCUT2D eigenvalue weighted by Gasteiger charge is -2.07. The van der Waals surface area contributed by atoms with Crippen LogP contribution in [-0.2, 0) is 14.8 Å². The number of carbonyl (C=O) groups excluding carboxylic acids is 1. The fourth-order valence-electron chi connectivity index (χ4n) is 1.79. The van der Waals surface area contributed by atoms with Crippen LogP contribution < -0.4 is 4.72 Å². The van der Waals surface area contributed by atoms with Crippen molar-refractivity contribution in [1.82, 2.24) is 4.72 Å². The zero-order valence-electron chi connectivity index (χ0n) is 12.6.